The molecular formula is C22H24FNO4S. The van der Waals surface area contributed by atoms with Crippen LogP contribution in [0, 0.1) is 11.7 Å². The lowest BCUT2D eigenvalue weighted by Gasteiger charge is -2.31. The van der Waals surface area contributed by atoms with Crippen molar-refractivity contribution in [2.45, 2.75) is 24.7 Å². The lowest BCUT2D eigenvalue weighted by atomic mass is 9.99. The van der Waals surface area contributed by atoms with Crippen LogP contribution in [0.25, 0.3) is 21.9 Å². The second-order valence-electron chi connectivity index (χ2n) is 7.52. The monoisotopic (exact) mass is 417 g/mol. The molecule has 1 aromatic heterocycles. The van der Waals surface area contributed by atoms with Crippen LogP contribution >= 0.6 is 10.6 Å². The third-order valence-corrected chi connectivity index (χ3v) is 7.15. The van der Waals surface area contributed by atoms with E-state index in [2.05, 4.69) is 0 Å². The Balaban J connectivity index is 1.96. The predicted octanol–water partition coefficient (Wildman–Crippen LogP) is 5.26. The van der Waals surface area contributed by atoms with Gasteiger partial charge in [0.15, 0.2) is 0 Å². The highest BCUT2D eigenvalue weighted by Crippen LogP contribution is 2.50. The fraction of sp³-hybridized carbons (Fsp3) is 0.318. The maximum atomic E-state index is 14.0. The van der Waals surface area contributed by atoms with Gasteiger partial charge in [-0.1, -0.05) is 0 Å². The Kier molecular flexibility index (Phi) is 5.14. The van der Waals surface area contributed by atoms with Crippen molar-refractivity contribution in [1.29, 1.82) is 0 Å². The smallest absolute Gasteiger partial charge is 0.258 e. The second-order valence-corrected chi connectivity index (χ2v) is 9.90. The summed E-state index contributed by atoms with van der Waals surface area (Å²) in [6.07, 6.45) is 3.92. The molecule has 1 heterocycles. The number of rotatable bonds is 6. The van der Waals surface area contributed by atoms with Crippen molar-refractivity contribution in [2.75, 3.05) is 12.4 Å². The second kappa shape index (κ2) is 7.48. The summed E-state index contributed by atoms with van der Waals surface area (Å²) < 4.78 is 42.4. The normalized spacial score (nSPS) is 14.9. The Labute approximate surface area is 170 Å². The van der Waals surface area contributed by atoms with E-state index in [-0.39, 0.29) is 11.3 Å². The fourth-order valence-corrected chi connectivity index (χ4v) is 4.29. The standard InChI is InChI=1S/C22H24FNO4S/c1-3-29(26,27)16-7-9-21(28-13-14-4-5-14)19(11-16)20-12-24(2)22(25)17-8-6-15(23)10-18(17)20/h6-12,14,26-27H,3-5,13H2,1-2H3. The summed E-state index contributed by atoms with van der Waals surface area (Å²) in [5.74, 6) is 0.864. The van der Waals surface area contributed by atoms with Gasteiger partial charge in [-0.25, -0.2) is 4.39 Å². The lowest BCUT2D eigenvalue weighted by Crippen LogP contribution is -2.17. The molecular weight excluding hydrogens is 393 g/mol. The third-order valence-electron chi connectivity index (χ3n) is 5.34. The average Bonchev–Trinajstić information content (AvgIpc) is 3.53. The van der Waals surface area contributed by atoms with E-state index in [1.165, 1.54) is 22.8 Å². The van der Waals surface area contributed by atoms with Gasteiger partial charge in [0, 0.05) is 35.5 Å². The summed E-state index contributed by atoms with van der Waals surface area (Å²) >= 11 is 0. The van der Waals surface area contributed by atoms with Crippen LogP contribution in [-0.2, 0) is 7.05 Å². The highest BCUT2D eigenvalue weighted by Gasteiger charge is 2.24. The van der Waals surface area contributed by atoms with Gasteiger partial charge in [0.25, 0.3) is 5.56 Å². The first kappa shape index (κ1) is 19.9. The molecule has 5 nitrogen and oxygen atoms in total. The van der Waals surface area contributed by atoms with Crippen LogP contribution in [-0.4, -0.2) is 26.0 Å². The Bertz CT molecular complexity index is 1140. The van der Waals surface area contributed by atoms with Crippen molar-refractivity contribution in [1.82, 2.24) is 4.57 Å². The van der Waals surface area contributed by atoms with Crippen LogP contribution in [0.4, 0.5) is 4.39 Å². The fourth-order valence-electron chi connectivity index (χ4n) is 3.36. The van der Waals surface area contributed by atoms with Gasteiger partial charge < -0.3 is 9.30 Å². The van der Waals surface area contributed by atoms with E-state index in [9.17, 15) is 18.3 Å². The van der Waals surface area contributed by atoms with E-state index in [1.54, 1.807) is 38.4 Å². The number of nitrogens with zero attached hydrogens (tertiary/aromatic N) is 1. The van der Waals surface area contributed by atoms with E-state index in [4.69, 9.17) is 4.74 Å². The highest BCUT2D eigenvalue weighted by molar-refractivity contribution is 8.24. The van der Waals surface area contributed by atoms with Crippen LogP contribution in [0.5, 0.6) is 5.75 Å². The topological polar surface area (TPSA) is 71.7 Å². The number of fused-ring (bicyclic) bond motifs is 1. The summed E-state index contributed by atoms with van der Waals surface area (Å²) in [5, 5.41) is 0.863. The Morgan fingerprint density at radius 1 is 1.14 bits per heavy atom. The largest absolute Gasteiger partial charge is 0.493 e. The van der Waals surface area contributed by atoms with E-state index in [1.807, 2.05) is 0 Å². The summed E-state index contributed by atoms with van der Waals surface area (Å²) in [6.45, 7) is 2.29. The summed E-state index contributed by atoms with van der Waals surface area (Å²) in [7, 11) is -1.30. The third kappa shape index (κ3) is 3.90. The van der Waals surface area contributed by atoms with Crippen molar-refractivity contribution in [3.8, 4) is 16.9 Å². The maximum Gasteiger partial charge on any atom is 0.258 e. The van der Waals surface area contributed by atoms with E-state index in [0.717, 1.165) is 12.8 Å². The van der Waals surface area contributed by atoms with Gasteiger partial charge in [-0.3, -0.25) is 13.9 Å². The molecule has 0 spiro atoms. The maximum absolute atomic E-state index is 14.0. The number of pyridine rings is 1. The van der Waals surface area contributed by atoms with Crippen LogP contribution < -0.4 is 10.3 Å². The number of hydrogen-bond donors (Lipinski definition) is 2. The molecule has 1 aliphatic rings. The number of hydrogen-bond acceptors (Lipinski definition) is 4. The van der Waals surface area contributed by atoms with Crippen LogP contribution in [0.2, 0.25) is 0 Å². The van der Waals surface area contributed by atoms with Crippen molar-refractivity contribution in [2.24, 2.45) is 13.0 Å². The SMILES string of the molecule is CCS(O)(O)c1ccc(OCC2CC2)c(-c2cn(C)c(=O)c3ccc(F)cc23)c1. The quantitative estimate of drug-likeness (QED) is 0.574. The molecule has 0 unspecified atom stereocenters. The highest BCUT2D eigenvalue weighted by atomic mass is 32.3. The molecule has 1 saturated carbocycles. The van der Waals surface area contributed by atoms with Crippen LogP contribution in [0.1, 0.15) is 19.8 Å². The molecule has 0 aliphatic heterocycles. The van der Waals surface area contributed by atoms with E-state index >= 15 is 0 Å². The van der Waals surface area contributed by atoms with E-state index < -0.39 is 16.4 Å². The van der Waals surface area contributed by atoms with Crippen molar-refractivity contribution in [3.05, 3.63) is 58.8 Å². The van der Waals surface area contributed by atoms with Crippen molar-refractivity contribution >= 4 is 21.4 Å². The number of aryl methyl sites for hydroxylation is 1. The van der Waals surface area contributed by atoms with Gasteiger partial charge in [-0.05, 0) is 67.5 Å². The molecule has 29 heavy (non-hydrogen) atoms. The molecule has 1 fully saturated rings. The van der Waals surface area contributed by atoms with Gasteiger partial charge in [-0.2, -0.15) is 10.6 Å². The zero-order valence-corrected chi connectivity index (χ0v) is 17.2. The van der Waals surface area contributed by atoms with Crippen molar-refractivity contribution in [3.63, 3.8) is 0 Å². The molecule has 7 heteroatoms. The van der Waals surface area contributed by atoms with Gasteiger partial charge in [0.1, 0.15) is 11.6 Å². The van der Waals surface area contributed by atoms with Gasteiger partial charge in [-0.15, -0.1) is 0 Å². The average molecular weight is 418 g/mol. The van der Waals surface area contributed by atoms with Gasteiger partial charge in [0.2, 0.25) is 0 Å². The minimum absolute atomic E-state index is 0.192. The molecule has 0 atom stereocenters. The zero-order valence-electron chi connectivity index (χ0n) is 16.4. The number of aromatic nitrogens is 1. The molecule has 0 bridgehead atoms. The van der Waals surface area contributed by atoms with Crippen LogP contribution in [0.3, 0.4) is 0 Å². The molecule has 3 aromatic rings. The first-order valence-corrected chi connectivity index (χ1v) is 11.3. The first-order chi connectivity index (χ1) is 13.8. The van der Waals surface area contributed by atoms with Gasteiger partial charge >= 0.3 is 0 Å². The molecule has 0 saturated heterocycles. The van der Waals surface area contributed by atoms with Crippen molar-refractivity contribution < 1.29 is 18.2 Å². The lowest BCUT2D eigenvalue weighted by molar-refractivity contribution is 0.301. The Morgan fingerprint density at radius 2 is 1.90 bits per heavy atom. The molecule has 0 amide bonds. The Hall–Kier alpha value is -2.35. The zero-order chi connectivity index (χ0) is 20.8. The first-order valence-electron chi connectivity index (χ1n) is 9.62. The summed E-state index contributed by atoms with van der Waals surface area (Å²) in [6, 6.07) is 9.15. The minimum atomic E-state index is -2.94. The van der Waals surface area contributed by atoms with Crippen LogP contribution in [0.15, 0.2) is 52.3 Å². The molecule has 154 valence electrons. The molecule has 2 N–H and O–H groups in total. The predicted molar refractivity (Wildman–Crippen MR) is 114 cm³/mol. The van der Waals surface area contributed by atoms with E-state index in [0.29, 0.717) is 45.1 Å². The minimum Gasteiger partial charge on any atom is -0.493 e. The summed E-state index contributed by atoms with van der Waals surface area (Å²) in [4.78, 5) is 12.9. The number of halogens is 1. The molecule has 0 radical (unpaired) electrons. The van der Waals surface area contributed by atoms with Gasteiger partial charge in [0.05, 0.1) is 11.5 Å². The number of benzene rings is 2. The summed E-state index contributed by atoms with van der Waals surface area (Å²) in [5.41, 5.74) is 1.00. The molecule has 1 aliphatic carbocycles. The number of ether oxygens (including phenoxy) is 1. The molecule has 2 aromatic carbocycles. The Morgan fingerprint density at radius 3 is 2.59 bits per heavy atom. The molecule has 4 rings (SSSR count).